The predicted octanol–water partition coefficient (Wildman–Crippen LogP) is 0.755. The number of carboxylic acids is 1. The van der Waals surface area contributed by atoms with Crippen LogP contribution in [0.1, 0.15) is 10.4 Å². The smallest absolute Gasteiger partial charge is 0.317 e. The highest BCUT2D eigenvalue weighted by Gasteiger charge is 2.22. The van der Waals surface area contributed by atoms with Gasteiger partial charge < -0.3 is 15.7 Å². The van der Waals surface area contributed by atoms with Crippen molar-refractivity contribution in [2.24, 2.45) is 5.73 Å². The van der Waals surface area contributed by atoms with Crippen LogP contribution in [0.15, 0.2) is 22.7 Å². The second kappa shape index (κ2) is 6.23. The van der Waals surface area contributed by atoms with Crippen molar-refractivity contribution in [1.82, 2.24) is 4.90 Å². The van der Waals surface area contributed by atoms with E-state index in [-0.39, 0.29) is 6.54 Å². The van der Waals surface area contributed by atoms with Crippen LogP contribution in [0.5, 0.6) is 0 Å². The van der Waals surface area contributed by atoms with E-state index in [0.717, 1.165) is 10.2 Å². The van der Waals surface area contributed by atoms with Crippen LogP contribution >= 0.6 is 15.9 Å². The molecule has 2 rings (SSSR count). The lowest BCUT2D eigenvalue weighted by Crippen LogP contribution is -2.48. The summed E-state index contributed by atoms with van der Waals surface area (Å²) in [6, 6.07) is 5.35. The maximum atomic E-state index is 11.5. The van der Waals surface area contributed by atoms with Crippen molar-refractivity contribution in [3.8, 4) is 0 Å². The van der Waals surface area contributed by atoms with Crippen LogP contribution in [-0.2, 0) is 4.79 Å². The van der Waals surface area contributed by atoms with Gasteiger partial charge in [0.1, 0.15) is 0 Å². The molecular weight excluding hydrogens is 326 g/mol. The maximum absolute atomic E-state index is 11.5. The molecule has 0 bridgehead atoms. The Morgan fingerprint density at radius 2 is 1.90 bits per heavy atom. The molecule has 0 aromatic heterocycles. The number of primary amides is 1. The van der Waals surface area contributed by atoms with Crippen molar-refractivity contribution >= 4 is 33.5 Å². The van der Waals surface area contributed by atoms with Crippen molar-refractivity contribution in [2.75, 3.05) is 37.6 Å². The number of hydrogen-bond donors (Lipinski definition) is 2. The van der Waals surface area contributed by atoms with Gasteiger partial charge in [-0.05, 0) is 18.2 Å². The summed E-state index contributed by atoms with van der Waals surface area (Å²) in [7, 11) is 0. The summed E-state index contributed by atoms with van der Waals surface area (Å²) in [5, 5.41) is 8.78. The number of anilines is 1. The third-order valence-electron chi connectivity index (χ3n) is 3.30. The van der Waals surface area contributed by atoms with Crippen LogP contribution in [0.2, 0.25) is 0 Å². The van der Waals surface area contributed by atoms with Crippen molar-refractivity contribution in [3.63, 3.8) is 0 Å². The topological polar surface area (TPSA) is 86.9 Å². The van der Waals surface area contributed by atoms with Gasteiger partial charge in [0.05, 0.1) is 17.8 Å². The number of amides is 1. The normalized spacial score (nSPS) is 16.1. The van der Waals surface area contributed by atoms with Crippen LogP contribution in [0.25, 0.3) is 0 Å². The third-order valence-corrected chi connectivity index (χ3v) is 3.79. The minimum Gasteiger partial charge on any atom is -0.480 e. The standard InChI is InChI=1S/C13H16BrN3O3/c14-9-1-2-10(13(15)20)11(7-9)17-5-3-16(4-6-17)8-12(18)19/h1-2,7H,3-6,8H2,(H2,15,20)(H,18,19). The highest BCUT2D eigenvalue weighted by atomic mass is 79.9. The van der Waals surface area contributed by atoms with Gasteiger partial charge in [0.25, 0.3) is 5.91 Å². The minimum atomic E-state index is -0.821. The van der Waals surface area contributed by atoms with Crippen molar-refractivity contribution in [1.29, 1.82) is 0 Å². The number of halogens is 1. The zero-order chi connectivity index (χ0) is 14.7. The molecule has 1 heterocycles. The van der Waals surface area contributed by atoms with Crippen LogP contribution < -0.4 is 10.6 Å². The molecule has 6 nitrogen and oxygen atoms in total. The Kier molecular flexibility index (Phi) is 4.61. The Morgan fingerprint density at radius 1 is 1.25 bits per heavy atom. The van der Waals surface area contributed by atoms with Crippen molar-refractivity contribution < 1.29 is 14.7 Å². The monoisotopic (exact) mass is 341 g/mol. The fraction of sp³-hybridized carbons (Fsp3) is 0.385. The molecule has 0 aliphatic carbocycles. The lowest BCUT2D eigenvalue weighted by atomic mass is 10.1. The van der Waals surface area contributed by atoms with Crippen LogP contribution in [0.4, 0.5) is 5.69 Å². The SMILES string of the molecule is NC(=O)c1ccc(Br)cc1N1CCN(CC(=O)O)CC1. The Labute approximate surface area is 125 Å². The van der Waals surface area contributed by atoms with E-state index in [1.54, 1.807) is 12.1 Å². The predicted molar refractivity (Wildman–Crippen MR) is 78.9 cm³/mol. The molecule has 1 aliphatic rings. The van der Waals surface area contributed by atoms with Gasteiger partial charge in [-0.25, -0.2) is 0 Å². The first kappa shape index (κ1) is 14.8. The number of nitrogens with zero attached hydrogens (tertiary/aromatic N) is 2. The summed E-state index contributed by atoms with van der Waals surface area (Å²) in [5.74, 6) is -1.28. The Morgan fingerprint density at radius 3 is 2.45 bits per heavy atom. The third kappa shape index (κ3) is 3.49. The largest absolute Gasteiger partial charge is 0.480 e. The lowest BCUT2D eigenvalue weighted by molar-refractivity contribution is -0.138. The molecule has 20 heavy (non-hydrogen) atoms. The van der Waals surface area contributed by atoms with E-state index < -0.39 is 11.9 Å². The van der Waals surface area contributed by atoms with Gasteiger partial charge in [0.15, 0.2) is 0 Å². The maximum Gasteiger partial charge on any atom is 0.317 e. The van der Waals surface area contributed by atoms with E-state index in [1.165, 1.54) is 0 Å². The first-order chi connectivity index (χ1) is 9.47. The summed E-state index contributed by atoms with van der Waals surface area (Å²) in [4.78, 5) is 26.1. The van der Waals surface area contributed by atoms with E-state index in [2.05, 4.69) is 20.8 Å². The molecule has 108 valence electrons. The second-order valence-corrected chi connectivity index (χ2v) is 5.60. The zero-order valence-corrected chi connectivity index (χ0v) is 12.5. The number of piperazine rings is 1. The van der Waals surface area contributed by atoms with Crippen LogP contribution in [0.3, 0.4) is 0 Å². The molecule has 0 radical (unpaired) electrons. The summed E-state index contributed by atoms with van der Waals surface area (Å²) < 4.78 is 0.880. The molecule has 1 aliphatic heterocycles. The fourth-order valence-electron chi connectivity index (χ4n) is 2.31. The van der Waals surface area contributed by atoms with E-state index in [1.807, 2.05) is 11.0 Å². The van der Waals surface area contributed by atoms with E-state index in [0.29, 0.717) is 31.7 Å². The van der Waals surface area contributed by atoms with Crippen molar-refractivity contribution in [3.05, 3.63) is 28.2 Å². The summed E-state index contributed by atoms with van der Waals surface area (Å²) in [5.41, 5.74) is 6.67. The summed E-state index contributed by atoms with van der Waals surface area (Å²) in [6.45, 7) is 2.69. The Balaban J connectivity index is 2.12. The number of rotatable bonds is 4. The van der Waals surface area contributed by atoms with Gasteiger partial charge in [-0.3, -0.25) is 14.5 Å². The second-order valence-electron chi connectivity index (χ2n) is 4.68. The number of carbonyl (C=O) groups is 2. The van der Waals surface area contributed by atoms with Crippen LogP contribution in [0, 0.1) is 0 Å². The first-order valence-corrected chi connectivity index (χ1v) is 7.05. The molecule has 0 spiro atoms. The van der Waals surface area contributed by atoms with E-state index in [9.17, 15) is 9.59 Å². The molecule has 0 saturated carbocycles. The van der Waals surface area contributed by atoms with Gasteiger partial charge in [0.2, 0.25) is 0 Å². The molecule has 1 aromatic rings. The number of hydrogen-bond acceptors (Lipinski definition) is 4. The van der Waals surface area contributed by atoms with Gasteiger partial charge in [-0.1, -0.05) is 15.9 Å². The molecule has 1 aromatic carbocycles. The van der Waals surface area contributed by atoms with Gasteiger partial charge >= 0.3 is 5.97 Å². The molecule has 0 unspecified atom stereocenters. The molecule has 3 N–H and O–H groups in total. The Bertz CT molecular complexity index is 528. The first-order valence-electron chi connectivity index (χ1n) is 6.26. The minimum absolute atomic E-state index is 0.0506. The van der Waals surface area contributed by atoms with Crippen molar-refractivity contribution in [2.45, 2.75) is 0 Å². The quantitative estimate of drug-likeness (QED) is 0.844. The number of benzene rings is 1. The fourth-order valence-corrected chi connectivity index (χ4v) is 2.66. The molecule has 7 heteroatoms. The highest BCUT2D eigenvalue weighted by molar-refractivity contribution is 9.10. The van der Waals surface area contributed by atoms with Gasteiger partial charge in [-0.15, -0.1) is 0 Å². The number of aliphatic carboxylic acids is 1. The molecular formula is C13H16BrN3O3. The zero-order valence-electron chi connectivity index (χ0n) is 10.9. The molecule has 0 atom stereocenters. The van der Waals surface area contributed by atoms with Gasteiger partial charge in [0, 0.05) is 30.7 Å². The number of carbonyl (C=O) groups excluding carboxylic acids is 1. The number of nitrogens with two attached hydrogens (primary N) is 1. The summed E-state index contributed by atoms with van der Waals surface area (Å²) in [6.07, 6.45) is 0. The van der Waals surface area contributed by atoms with E-state index in [4.69, 9.17) is 10.8 Å². The molecule has 1 saturated heterocycles. The molecule has 1 fully saturated rings. The number of carboxylic acid groups (broad SMARTS) is 1. The van der Waals surface area contributed by atoms with Gasteiger partial charge in [-0.2, -0.15) is 0 Å². The Hall–Kier alpha value is -1.60. The highest BCUT2D eigenvalue weighted by Crippen LogP contribution is 2.26. The molecule has 1 amide bonds. The summed E-state index contributed by atoms with van der Waals surface area (Å²) >= 11 is 3.39. The average Bonchev–Trinajstić information content (AvgIpc) is 2.38. The van der Waals surface area contributed by atoms with Crippen LogP contribution in [-0.4, -0.2) is 54.6 Å². The lowest BCUT2D eigenvalue weighted by Gasteiger charge is -2.36. The van der Waals surface area contributed by atoms with E-state index >= 15 is 0 Å². The average molecular weight is 342 g/mol.